The normalized spacial score (nSPS) is 13.5. The van der Waals surface area contributed by atoms with Crippen LogP contribution in [-0.4, -0.2) is 0 Å². The Balaban J connectivity index is 1.88. The number of halogens is 2. The average Bonchev–Trinajstić information content (AvgIpc) is 2.77. The van der Waals surface area contributed by atoms with Gasteiger partial charge < -0.3 is 4.74 Å². The van der Waals surface area contributed by atoms with Crippen LogP contribution in [0.1, 0.15) is 48.6 Å². The van der Waals surface area contributed by atoms with E-state index < -0.39 is 0 Å². The zero-order valence-electron chi connectivity index (χ0n) is 16.7. The van der Waals surface area contributed by atoms with E-state index >= 15 is 0 Å². The molecule has 0 fully saturated rings. The molecule has 0 N–H and O–H groups in total. The van der Waals surface area contributed by atoms with Crippen molar-refractivity contribution in [2.24, 2.45) is 0 Å². The smallest absolute Gasteiger partial charge is 0.132 e. The van der Waals surface area contributed by atoms with Crippen LogP contribution in [0.15, 0.2) is 72.8 Å². The second-order valence-corrected chi connectivity index (χ2v) is 8.38. The fourth-order valence-corrected chi connectivity index (χ4v) is 4.04. The summed E-state index contributed by atoms with van der Waals surface area (Å²) in [7, 11) is 0. The molecule has 148 valence electrons. The first kappa shape index (κ1) is 20.1. The molecule has 0 aliphatic carbocycles. The number of hydrogen-bond donors (Lipinski definition) is 0. The van der Waals surface area contributed by atoms with Gasteiger partial charge in [0.15, 0.2) is 0 Å². The molecule has 29 heavy (non-hydrogen) atoms. The van der Waals surface area contributed by atoms with Crippen molar-refractivity contribution >= 4 is 44.7 Å². The largest absolute Gasteiger partial charge is 0.457 e. The zero-order valence-corrected chi connectivity index (χ0v) is 18.2. The van der Waals surface area contributed by atoms with Crippen LogP contribution in [0, 0.1) is 0 Å². The SMILES string of the molecule is CCC(Cl)c1cc2ccccc2cc1Oc1cc2ccccc2cc1C(Cl)CC. The van der Waals surface area contributed by atoms with E-state index in [-0.39, 0.29) is 10.8 Å². The molecule has 2 unspecified atom stereocenters. The Kier molecular flexibility index (Phi) is 5.99. The van der Waals surface area contributed by atoms with Crippen molar-refractivity contribution in [3.8, 4) is 11.5 Å². The van der Waals surface area contributed by atoms with Gasteiger partial charge >= 0.3 is 0 Å². The van der Waals surface area contributed by atoms with Gasteiger partial charge in [0, 0.05) is 11.1 Å². The van der Waals surface area contributed by atoms with E-state index in [9.17, 15) is 0 Å². The number of alkyl halides is 2. The average molecular weight is 423 g/mol. The molecule has 4 rings (SSSR count). The van der Waals surface area contributed by atoms with Crippen LogP contribution in [0.25, 0.3) is 21.5 Å². The molecule has 0 aromatic heterocycles. The fourth-order valence-electron chi connectivity index (χ4n) is 3.70. The molecule has 0 aliphatic rings. The van der Waals surface area contributed by atoms with Gasteiger partial charge in [0.05, 0.1) is 10.8 Å². The quantitative estimate of drug-likeness (QED) is 0.281. The Morgan fingerprint density at radius 3 is 1.31 bits per heavy atom. The third-order valence-electron chi connectivity index (χ3n) is 5.37. The summed E-state index contributed by atoms with van der Waals surface area (Å²) < 4.78 is 6.53. The molecular weight excluding hydrogens is 399 g/mol. The molecule has 0 saturated carbocycles. The minimum absolute atomic E-state index is 0.114. The van der Waals surface area contributed by atoms with Gasteiger partial charge in [-0.15, -0.1) is 23.2 Å². The molecule has 2 atom stereocenters. The van der Waals surface area contributed by atoms with Crippen LogP contribution in [0.5, 0.6) is 11.5 Å². The molecule has 0 aliphatic heterocycles. The van der Waals surface area contributed by atoms with E-state index in [1.165, 1.54) is 0 Å². The maximum atomic E-state index is 6.68. The van der Waals surface area contributed by atoms with Gasteiger partial charge in [0.25, 0.3) is 0 Å². The minimum Gasteiger partial charge on any atom is -0.457 e. The Bertz CT molecular complexity index is 1060. The molecule has 1 nitrogen and oxygen atoms in total. The molecule has 0 amide bonds. The standard InChI is InChI=1S/C26H24Cl2O/c1-3-23(27)21-13-17-9-5-7-11-19(17)15-25(21)29-26-16-20-12-8-6-10-18(20)14-22(26)24(28)4-2/h5-16,23-24H,3-4H2,1-2H3. The van der Waals surface area contributed by atoms with Crippen molar-refractivity contribution in [1.82, 2.24) is 0 Å². The van der Waals surface area contributed by atoms with Crippen molar-refractivity contribution in [3.05, 3.63) is 83.9 Å². The van der Waals surface area contributed by atoms with Crippen molar-refractivity contribution in [2.75, 3.05) is 0 Å². The molecule has 0 saturated heterocycles. The Morgan fingerprint density at radius 1 is 0.621 bits per heavy atom. The van der Waals surface area contributed by atoms with Crippen molar-refractivity contribution < 1.29 is 4.74 Å². The lowest BCUT2D eigenvalue weighted by atomic mass is 10.0. The summed E-state index contributed by atoms with van der Waals surface area (Å²) in [4.78, 5) is 0. The minimum atomic E-state index is -0.114. The topological polar surface area (TPSA) is 9.23 Å². The number of ether oxygens (including phenoxy) is 1. The number of hydrogen-bond acceptors (Lipinski definition) is 1. The second kappa shape index (κ2) is 8.65. The monoisotopic (exact) mass is 422 g/mol. The lowest BCUT2D eigenvalue weighted by Crippen LogP contribution is -1.99. The van der Waals surface area contributed by atoms with Gasteiger partial charge in [-0.2, -0.15) is 0 Å². The van der Waals surface area contributed by atoms with E-state index in [2.05, 4.69) is 62.4 Å². The first-order chi connectivity index (χ1) is 14.1. The summed E-state index contributed by atoms with van der Waals surface area (Å²) in [6, 6.07) is 25.0. The fraction of sp³-hybridized carbons (Fsp3) is 0.231. The van der Waals surface area contributed by atoms with E-state index in [1.54, 1.807) is 0 Å². The highest BCUT2D eigenvalue weighted by Gasteiger charge is 2.18. The lowest BCUT2D eigenvalue weighted by Gasteiger charge is -2.20. The van der Waals surface area contributed by atoms with E-state index in [1.807, 2.05) is 24.3 Å². The van der Waals surface area contributed by atoms with Crippen LogP contribution >= 0.6 is 23.2 Å². The van der Waals surface area contributed by atoms with Gasteiger partial charge in [-0.05, 0) is 58.7 Å². The molecule has 0 spiro atoms. The molecule has 0 heterocycles. The lowest BCUT2D eigenvalue weighted by molar-refractivity contribution is 0.469. The summed E-state index contributed by atoms with van der Waals surface area (Å²) in [5, 5.41) is 4.36. The van der Waals surface area contributed by atoms with Crippen molar-refractivity contribution in [3.63, 3.8) is 0 Å². The third kappa shape index (κ3) is 4.08. The number of benzene rings is 4. The van der Waals surface area contributed by atoms with Crippen LogP contribution in [0.2, 0.25) is 0 Å². The highest BCUT2D eigenvalue weighted by Crippen LogP contribution is 2.42. The van der Waals surface area contributed by atoms with Gasteiger partial charge in [-0.25, -0.2) is 0 Å². The van der Waals surface area contributed by atoms with Crippen molar-refractivity contribution in [1.29, 1.82) is 0 Å². The van der Waals surface area contributed by atoms with Crippen LogP contribution in [0.3, 0.4) is 0 Å². The van der Waals surface area contributed by atoms with Gasteiger partial charge in [-0.1, -0.05) is 62.4 Å². The maximum Gasteiger partial charge on any atom is 0.132 e. The molecule has 3 heteroatoms. The Morgan fingerprint density at radius 2 is 0.966 bits per heavy atom. The summed E-state index contributed by atoms with van der Waals surface area (Å²) in [5.41, 5.74) is 2.02. The predicted octanol–water partition coefficient (Wildman–Crippen LogP) is 9.17. The van der Waals surface area contributed by atoms with Gasteiger partial charge in [0.2, 0.25) is 0 Å². The van der Waals surface area contributed by atoms with E-state index in [0.29, 0.717) is 0 Å². The van der Waals surface area contributed by atoms with Crippen LogP contribution < -0.4 is 4.74 Å². The predicted molar refractivity (Wildman–Crippen MR) is 126 cm³/mol. The maximum absolute atomic E-state index is 6.68. The Hall–Kier alpha value is -2.22. The summed E-state index contributed by atoms with van der Waals surface area (Å²) >= 11 is 13.4. The highest BCUT2D eigenvalue weighted by molar-refractivity contribution is 6.21. The summed E-state index contributed by atoms with van der Waals surface area (Å²) in [5.74, 6) is 1.59. The molecule has 4 aromatic carbocycles. The first-order valence-electron chi connectivity index (χ1n) is 10.1. The summed E-state index contributed by atoms with van der Waals surface area (Å²) in [6.45, 7) is 4.17. The number of fused-ring (bicyclic) bond motifs is 2. The second-order valence-electron chi connectivity index (χ2n) is 7.33. The van der Waals surface area contributed by atoms with Gasteiger partial charge in [-0.3, -0.25) is 0 Å². The highest BCUT2D eigenvalue weighted by atomic mass is 35.5. The molecule has 4 aromatic rings. The van der Waals surface area contributed by atoms with Crippen molar-refractivity contribution in [2.45, 2.75) is 37.4 Å². The first-order valence-corrected chi connectivity index (χ1v) is 11.0. The van der Waals surface area contributed by atoms with E-state index in [0.717, 1.165) is 57.0 Å². The van der Waals surface area contributed by atoms with Crippen LogP contribution in [-0.2, 0) is 0 Å². The summed E-state index contributed by atoms with van der Waals surface area (Å²) in [6.07, 6.45) is 1.65. The van der Waals surface area contributed by atoms with Crippen LogP contribution in [0.4, 0.5) is 0 Å². The number of rotatable bonds is 6. The molecule has 0 bridgehead atoms. The zero-order chi connectivity index (χ0) is 20.4. The Labute approximate surface area is 182 Å². The van der Waals surface area contributed by atoms with Gasteiger partial charge in [0.1, 0.15) is 11.5 Å². The third-order valence-corrected chi connectivity index (χ3v) is 6.46. The van der Waals surface area contributed by atoms with E-state index in [4.69, 9.17) is 27.9 Å². The molecule has 0 radical (unpaired) electrons. The molecular formula is C26H24Cl2O.